The third-order valence-corrected chi connectivity index (χ3v) is 4.22. The van der Waals surface area contributed by atoms with Gasteiger partial charge in [-0.25, -0.2) is 5.43 Å². The van der Waals surface area contributed by atoms with Crippen molar-refractivity contribution in [3.63, 3.8) is 0 Å². The molecule has 3 N–H and O–H groups in total. The molecule has 2 rings (SSSR count). The van der Waals surface area contributed by atoms with E-state index in [0.717, 1.165) is 27.9 Å². The number of hydrogen-bond acceptors (Lipinski definition) is 4. The van der Waals surface area contributed by atoms with Crippen LogP contribution in [0.25, 0.3) is 0 Å². The SMILES string of the molecule is C/C(CC(=O)Nc1c(C)cc(C)cc1C)=N\NC(=O)C(=O)Nc1ccc(C)cc1. The van der Waals surface area contributed by atoms with E-state index < -0.39 is 11.8 Å². The van der Waals surface area contributed by atoms with E-state index in [-0.39, 0.29) is 12.3 Å². The maximum absolute atomic E-state index is 12.3. The summed E-state index contributed by atoms with van der Waals surface area (Å²) < 4.78 is 0. The number of carbonyl (C=O) groups is 3. The molecule has 0 aromatic heterocycles. The quantitative estimate of drug-likeness (QED) is 0.412. The first-order chi connectivity index (χ1) is 13.7. The predicted octanol–water partition coefficient (Wildman–Crippen LogP) is 3.38. The van der Waals surface area contributed by atoms with E-state index in [1.807, 2.05) is 52.0 Å². The average molecular weight is 394 g/mol. The van der Waals surface area contributed by atoms with Gasteiger partial charge in [0.15, 0.2) is 0 Å². The highest BCUT2D eigenvalue weighted by atomic mass is 16.2. The van der Waals surface area contributed by atoms with Gasteiger partial charge < -0.3 is 10.6 Å². The first-order valence-electron chi connectivity index (χ1n) is 9.24. The van der Waals surface area contributed by atoms with Crippen LogP contribution in [0.2, 0.25) is 0 Å². The van der Waals surface area contributed by atoms with Crippen LogP contribution in [0.4, 0.5) is 11.4 Å². The Kier molecular flexibility index (Phi) is 7.25. The molecule has 0 saturated carbocycles. The number of carbonyl (C=O) groups excluding carboxylic acids is 3. The van der Waals surface area contributed by atoms with Crippen molar-refractivity contribution in [3.8, 4) is 0 Å². The summed E-state index contributed by atoms with van der Waals surface area (Å²) in [4.78, 5) is 36.1. The summed E-state index contributed by atoms with van der Waals surface area (Å²) in [5, 5.41) is 9.19. The lowest BCUT2D eigenvalue weighted by Crippen LogP contribution is -2.33. The summed E-state index contributed by atoms with van der Waals surface area (Å²) >= 11 is 0. The Labute approximate surface area is 170 Å². The van der Waals surface area contributed by atoms with Gasteiger partial charge in [0.25, 0.3) is 0 Å². The van der Waals surface area contributed by atoms with Crippen LogP contribution in [0.1, 0.15) is 35.6 Å². The monoisotopic (exact) mass is 394 g/mol. The Balaban J connectivity index is 1.89. The lowest BCUT2D eigenvalue weighted by atomic mass is 10.0. The number of nitrogens with one attached hydrogen (secondary N) is 3. The molecule has 0 saturated heterocycles. The van der Waals surface area contributed by atoms with Crippen LogP contribution in [-0.4, -0.2) is 23.4 Å². The zero-order chi connectivity index (χ0) is 21.6. The Hall–Kier alpha value is -3.48. The van der Waals surface area contributed by atoms with Crippen LogP contribution in [0.15, 0.2) is 41.5 Å². The van der Waals surface area contributed by atoms with Crippen molar-refractivity contribution in [3.05, 3.63) is 58.7 Å². The number of hydrazone groups is 1. The van der Waals surface area contributed by atoms with Gasteiger partial charge in [0, 0.05) is 17.1 Å². The van der Waals surface area contributed by atoms with Crippen molar-refractivity contribution in [2.75, 3.05) is 10.6 Å². The molecule has 29 heavy (non-hydrogen) atoms. The number of anilines is 2. The molecule has 0 aliphatic rings. The van der Waals surface area contributed by atoms with E-state index in [0.29, 0.717) is 11.4 Å². The third-order valence-electron chi connectivity index (χ3n) is 4.22. The first kappa shape index (κ1) is 21.8. The minimum Gasteiger partial charge on any atom is -0.325 e. The highest BCUT2D eigenvalue weighted by Gasteiger charge is 2.14. The minimum absolute atomic E-state index is 0.00732. The standard InChI is InChI=1S/C22H26N4O3/c1-13-6-8-18(9-7-13)23-21(28)22(29)26-25-17(5)12-19(27)24-20-15(3)10-14(2)11-16(20)4/h6-11H,12H2,1-5H3,(H,23,28)(H,24,27)(H,26,29)/b25-17+. The highest BCUT2D eigenvalue weighted by molar-refractivity contribution is 6.39. The van der Waals surface area contributed by atoms with Gasteiger partial charge >= 0.3 is 11.8 Å². The first-order valence-corrected chi connectivity index (χ1v) is 9.24. The lowest BCUT2D eigenvalue weighted by molar-refractivity contribution is -0.136. The molecule has 0 unspecified atom stereocenters. The lowest BCUT2D eigenvalue weighted by Gasteiger charge is -2.12. The molecule has 0 atom stereocenters. The highest BCUT2D eigenvalue weighted by Crippen LogP contribution is 2.22. The van der Waals surface area contributed by atoms with Crippen LogP contribution in [0.5, 0.6) is 0 Å². The fourth-order valence-corrected chi connectivity index (χ4v) is 2.85. The minimum atomic E-state index is -0.907. The normalized spacial score (nSPS) is 11.0. The second kappa shape index (κ2) is 9.64. The summed E-state index contributed by atoms with van der Waals surface area (Å²) in [6.07, 6.45) is -0.00732. The fraction of sp³-hybridized carbons (Fsp3) is 0.273. The van der Waals surface area contributed by atoms with Gasteiger partial charge in [0.1, 0.15) is 0 Å². The number of benzene rings is 2. The van der Waals surface area contributed by atoms with E-state index >= 15 is 0 Å². The molecule has 0 heterocycles. The van der Waals surface area contributed by atoms with E-state index in [9.17, 15) is 14.4 Å². The second-order valence-corrected chi connectivity index (χ2v) is 7.11. The zero-order valence-corrected chi connectivity index (χ0v) is 17.3. The Bertz CT molecular complexity index is 940. The topological polar surface area (TPSA) is 99.7 Å². The molecule has 7 heteroatoms. The molecular weight excluding hydrogens is 368 g/mol. The van der Waals surface area contributed by atoms with Gasteiger partial charge in [0.05, 0.1) is 6.42 Å². The van der Waals surface area contributed by atoms with E-state index in [1.165, 1.54) is 0 Å². The largest absolute Gasteiger partial charge is 0.329 e. The van der Waals surface area contributed by atoms with E-state index in [4.69, 9.17) is 0 Å². The van der Waals surface area contributed by atoms with Crippen LogP contribution >= 0.6 is 0 Å². The van der Waals surface area contributed by atoms with Gasteiger partial charge in [0.2, 0.25) is 5.91 Å². The Morgan fingerprint density at radius 2 is 1.41 bits per heavy atom. The van der Waals surface area contributed by atoms with Crippen molar-refractivity contribution >= 4 is 34.8 Å². The van der Waals surface area contributed by atoms with Crippen LogP contribution in [0.3, 0.4) is 0 Å². The fourth-order valence-electron chi connectivity index (χ4n) is 2.85. The van der Waals surface area contributed by atoms with Gasteiger partial charge in [-0.2, -0.15) is 5.10 Å². The van der Waals surface area contributed by atoms with Crippen LogP contribution in [0, 0.1) is 27.7 Å². The number of rotatable bonds is 5. The predicted molar refractivity (Wildman–Crippen MR) is 115 cm³/mol. The molecule has 0 fully saturated rings. The molecule has 0 radical (unpaired) electrons. The van der Waals surface area contributed by atoms with Crippen molar-refractivity contribution in [1.29, 1.82) is 0 Å². The maximum atomic E-state index is 12.3. The van der Waals surface area contributed by atoms with Gasteiger partial charge in [-0.05, 0) is 57.9 Å². The summed E-state index contributed by atoms with van der Waals surface area (Å²) in [5.74, 6) is -1.99. The number of aryl methyl sites for hydroxylation is 4. The van der Waals surface area contributed by atoms with Crippen molar-refractivity contribution < 1.29 is 14.4 Å². The molecule has 0 spiro atoms. The van der Waals surface area contributed by atoms with Crippen LogP contribution < -0.4 is 16.1 Å². The van der Waals surface area contributed by atoms with Crippen LogP contribution in [-0.2, 0) is 14.4 Å². The molecule has 2 aromatic carbocycles. The molecule has 3 amide bonds. The summed E-state index contributed by atoms with van der Waals surface area (Å²) in [6.45, 7) is 9.40. The van der Waals surface area contributed by atoms with E-state index in [1.54, 1.807) is 19.1 Å². The Morgan fingerprint density at radius 1 is 0.828 bits per heavy atom. The third kappa shape index (κ3) is 6.57. The molecule has 7 nitrogen and oxygen atoms in total. The van der Waals surface area contributed by atoms with Gasteiger partial charge in [-0.15, -0.1) is 0 Å². The summed E-state index contributed by atoms with van der Waals surface area (Å²) in [7, 11) is 0. The smallest absolute Gasteiger partial charge is 0.325 e. The molecule has 0 aliphatic heterocycles. The Morgan fingerprint density at radius 3 is 2.00 bits per heavy atom. The second-order valence-electron chi connectivity index (χ2n) is 7.11. The van der Waals surface area contributed by atoms with Crippen molar-refractivity contribution in [2.45, 2.75) is 41.0 Å². The molecule has 2 aromatic rings. The van der Waals surface area contributed by atoms with E-state index in [2.05, 4.69) is 21.2 Å². The number of amides is 3. The molecular formula is C22H26N4O3. The molecule has 152 valence electrons. The average Bonchev–Trinajstić information content (AvgIpc) is 2.64. The summed E-state index contributed by atoms with van der Waals surface area (Å²) in [5.41, 5.74) is 7.96. The number of hydrogen-bond donors (Lipinski definition) is 3. The van der Waals surface area contributed by atoms with Crippen molar-refractivity contribution in [2.24, 2.45) is 5.10 Å². The summed E-state index contributed by atoms with van der Waals surface area (Å²) in [6, 6.07) is 11.0. The maximum Gasteiger partial charge on any atom is 0.329 e. The van der Waals surface area contributed by atoms with Gasteiger partial charge in [-0.1, -0.05) is 35.4 Å². The molecule has 0 aliphatic carbocycles. The van der Waals surface area contributed by atoms with Crippen molar-refractivity contribution in [1.82, 2.24) is 5.43 Å². The molecule has 0 bridgehead atoms. The number of nitrogens with zero attached hydrogens (tertiary/aromatic N) is 1. The zero-order valence-electron chi connectivity index (χ0n) is 17.3. The van der Waals surface area contributed by atoms with Gasteiger partial charge in [-0.3, -0.25) is 14.4 Å².